The summed E-state index contributed by atoms with van der Waals surface area (Å²) < 4.78 is 7.77. The van der Waals surface area contributed by atoms with Crippen LogP contribution in [0.2, 0.25) is 0 Å². The van der Waals surface area contributed by atoms with Gasteiger partial charge in [-0.05, 0) is 56.1 Å². The topological polar surface area (TPSA) is 40.2 Å². The van der Waals surface area contributed by atoms with Crippen LogP contribution in [-0.2, 0) is 13.0 Å². The van der Waals surface area contributed by atoms with Crippen LogP contribution in [0.5, 0.6) is 5.75 Å². The Morgan fingerprint density at radius 1 is 1.04 bits per heavy atom. The van der Waals surface area contributed by atoms with E-state index < -0.39 is 0 Å². The van der Waals surface area contributed by atoms with Gasteiger partial charge in [-0.2, -0.15) is 0 Å². The highest BCUT2D eigenvalue weighted by Gasteiger charge is 2.14. The molecule has 0 radical (unpaired) electrons. The molecule has 0 fully saturated rings. The molecular formula is C20H24N2O. The Kier molecular flexibility index (Phi) is 4.39. The van der Waals surface area contributed by atoms with Gasteiger partial charge in [-0.3, -0.25) is 0 Å². The van der Waals surface area contributed by atoms with Crippen LogP contribution >= 0.6 is 0 Å². The summed E-state index contributed by atoms with van der Waals surface area (Å²) in [6.07, 6.45) is 0.885. The third-order valence-electron chi connectivity index (χ3n) is 4.52. The van der Waals surface area contributed by atoms with Crippen molar-refractivity contribution in [3.63, 3.8) is 0 Å². The number of hydrogen-bond acceptors (Lipinski definition) is 2. The average molecular weight is 308 g/mol. The smallest absolute Gasteiger partial charge is 0.119 e. The minimum atomic E-state index is 0.654. The maximum atomic E-state index is 5.83. The highest BCUT2D eigenvalue weighted by atomic mass is 16.5. The fraction of sp³-hybridized carbons (Fsp3) is 0.300. The predicted octanol–water partition coefficient (Wildman–Crippen LogP) is 3.82. The second-order valence-corrected chi connectivity index (χ2v) is 6.06. The van der Waals surface area contributed by atoms with Crippen molar-refractivity contribution in [2.75, 3.05) is 13.7 Å². The maximum Gasteiger partial charge on any atom is 0.119 e. The number of aryl methyl sites for hydroxylation is 1. The maximum absolute atomic E-state index is 5.83. The minimum Gasteiger partial charge on any atom is -0.497 e. The molecule has 0 unspecified atom stereocenters. The first kappa shape index (κ1) is 15.6. The van der Waals surface area contributed by atoms with Gasteiger partial charge < -0.3 is 15.0 Å². The summed E-state index contributed by atoms with van der Waals surface area (Å²) in [5.74, 6) is 0.892. The van der Waals surface area contributed by atoms with Crippen molar-refractivity contribution in [3.8, 4) is 5.75 Å². The molecular weight excluding hydrogens is 284 g/mol. The Labute approximate surface area is 137 Å². The van der Waals surface area contributed by atoms with E-state index in [4.69, 9.17) is 10.5 Å². The third-order valence-corrected chi connectivity index (χ3v) is 4.52. The lowest BCUT2D eigenvalue weighted by Gasteiger charge is -2.10. The molecule has 120 valence electrons. The summed E-state index contributed by atoms with van der Waals surface area (Å²) in [5.41, 5.74) is 12.3. The molecule has 0 aliphatic carbocycles. The second-order valence-electron chi connectivity index (χ2n) is 6.06. The van der Waals surface area contributed by atoms with Gasteiger partial charge in [0, 0.05) is 23.1 Å². The first-order valence-corrected chi connectivity index (χ1v) is 8.05. The zero-order valence-corrected chi connectivity index (χ0v) is 14.1. The van der Waals surface area contributed by atoms with Crippen molar-refractivity contribution < 1.29 is 4.74 Å². The number of methoxy groups -OCH3 is 1. The molecule has 0 aliphatic heterocycles. The number of aromatic nitrogens is 1. The molecule has 2 N–H and O–H groups in total. The first-order valence-electron chi connectivity index (χ1n) is 8.05. The van der Waals surface area contributed by atoms with E-state index in [1.165, 1.54) is 33.3 Å². The van der Waals surface area contributed by atoms with Crippen molar-refractivity contribution in [1.29, 1.82) is 0 Å². The molecule has 0 spiro atoms. The normalized spacial score (nSPS) is 11.1. The molecule has 3 nitrogen and oxygen atoms in total. The van der Waals surface area contributed by atoms with Crippen LogP contribution in [0.4, 0.5) is 0 Å². The Morgan fingerprint density at radius 2 is 1.78 bits per heavy atom. The number of ether oxygens (including phenoxy) is 1. The molecule has 3 rings (SSSR count). The largest absolute Gasteiger partial charge is 0.497 e. The summed E-state index contributed by atoms with van der Waals surface area (Å²) in [6.45, 7) is 5.83. The number of hydrogen-bond donors (Lipinski definition) is 1. The van der Waals surface area contributed by atoms with Crippen molar-refractivity contribution in [2.24, 2.45) is 5.73 Å². The van der Waals surface area contributed by atoms with Crippen LogP contribution in [0.15, 0.2) is 42.5 Å². The Hall–Kier alpha value is -2.26. The quantitative estimate of drug-likeness (QED) is 0.778. The fourth-order valence-corrected chi connectivity index (χ4v) is 3.20. The van der Waals surface area contributed by atoms with Crippen LogP contribution in [0, 0.1) is 13.8 Å². The van der Waals surface area contributed by atoms with E-state index in [2.05, 4.69) is 54.8 Å². The first-order chi connectivity index (χ1) is 11.1. The van der Waals surface area contributed by atoms with Gasteiger partial charge in [0.15, 0.2) is 0 Å². The zero-order chi connectivity index (χ0) is 16.4. The van der Waals surface area contributed by atoms with Crippen molar-refractivity contribution in [1.82, 2.24) is 4.57 Å². The van der Waals surface area contributed by atoms with E-state index in [1.807, 2.05) is 6.07 Å². The van der Waals surface area contributed by atoms with Gasteiger partial charge in [0.2, 0.25) is 0 Å². The van der Waals surface area contributed by atoms with Gasteiger partial charge in [0.05, 0.1) is 7.11 Å². The molecule has 0 saturated heterocycles. The lowest BCUT2D eigenvalue weighted by molar-refractivity contribution is 0.415. The fourth-order valence-electron chi connectivity index (χ4n) is 3.20. The molecule has 23 heavy (non-hydrogen) atoms. The summed E-state index contributed by atoms with van der Waals surface area (Å²) in [5, 5.41) is 1.25. The highest BCUT2D eigenvalue weighted by Crippen LogP contribution is 2.30. The van der Waals surface area contributed by atoms with Gasteiger partial charge in [-0.25, -0.2) is 0 Å². The Bertz CT molecular complexity index is 816. The lowest BCUT2D eigenvalue weighted by atomic mass is 10.1. The zero-order valence-electron chi connectivity index (χ0n) is 14.1. The van der Waals surface area contributed by atoms with Crippen LogP contribution in [0.1, 0.15) is 22.4 Å². The van der Waals surface area contributed by atoms with E-state index >= 15 is 0 Å². The van der Waals surface area contributed by atoms with E-state index in [-0.39, 0.29) is 0 Å². The van der Waals surface area contributed by atoms with Gasteiger partial charge in [0.25, 0.3) is 0 Å². The molecule has 0 atom stereocenters. The third kappa shape index (κ3) is 2.97. The molecule has 0 aliphatic rings. The molecule has 3 aromatic rings. The molecule has 2 aromatic carbocycles. The Morgan fingerprint density at radius 3 is 2.43 bits per heavy atom. The number of nitrogens with two attached hydrogens (primary N) is 1. The number of rotatable bonds is 5. The van der Waals surface area contributed by atoms with Crippen molar-refractivity contribution in [2.45, 2.75) is 26.8 Å². The van der Waals surface area contributed by atoms with Crippen LogP contribution in [0.3, 0.4) is 0 Å². The van der Waals surface area contributed by atoms with Gasteiger partial charge in [-0.1, -0.05) is 29.8 Å². The van der Waals surface area contributed by atoms with E-state index in [0.717, 1.165) is 18.7 Å². The minimum absolute atomic E-state index is 0.654. The van der Waals surface area contributed by atoms with Crippen LogP contribution in [0.25, 0.3) is 10.9 Å². The summed E-state index contributed by atoms with van der Waals surface area (Å²) >= 11 is 0. The van der Waals surface area contributed by atoms with Gasteiger partial charge in [0.1, 0.15) is 5.75 Å². The summed E-state index contributed by atoms with van der Waals surface area (Å²) in [6, 6.07) is 15.0. The van der Waals surface area contributed by atoms with E-state index in [9.17, 15) is 0 Å². The summed E-state index contributed by atoms with van der Waals surface area (Å²) in [4.78, 5) is 0. The van der Waals surface area contributed by atoms with E-state index in [1.54, 1.807) is 7.11 Å². The summed E-state index contributed by atoms with van der Waals surface area (Å²) in [7, 11) is 1.71. The number of benzene rings is 2. The molecule has 0 saturated carbocycles. The molecule has 1 aromatic heterocycles. The van der Waals surface area contributed by atoms with Crippen molar-refractivity contribution in [3.05, 3.63) is 64.8 Å². The monoisotopic (exact) mass is 308 g/mol. The molecule has 0 amide bonds. The SMILES string of the molecule is COc1ccc2c(c1)c(CCN)c(C)n2Cc1ccc(C)cc1. The highest BCUT2D eigenvalue weighted by molar-refractivity contribution is 5.87. The Balaban J connectivity index is 2.11. The molecule has 1 heterocycles. The second kappa shape index (κ2) is 6.47. The van der Waals surface area contributed by atoms with Gasteiger partial charge in [-0.15, -0.1) is 0 Å². The predicted molar refractivity (Wildman–Crippen MR) is 96.3 cm³/mol. The molecule has 0 bridgehead atoms. The average Bonchev–Trinajstić information content (AvgIpc) is 2.82. The van der Waals surface area contributed by atoms with E-state index in [0.29, 0.717) is 6.54 Å². The standard InChI is InChI=1S/C20H24N2O/c1-14-4-6-16(7-5-14)13-22-15(2)18(10-11-21)19-12-17(23-3)8-9-20(19)22/h4-9,12H,10-11,13,21H2,1-3H3. The lowest BCUT2D eigenvalue weighted by Crippen LogP contribution is -2.06. The van der Waals surface area contributed by atoms with Gasteiger partial charge >= 0.3 is 0 Å². The van der Waals surface area contributed by atoms with Crippen LogP contribution < -0.4 is 10.5 Å². The number of fused-ring (bicyclic) bond motifs is 1. The molecule has 3 heteroatoms. The van der Waals surface area contributed by atoms with Crippen molar-refractivity contribution >= 4 is 10.9 Å². The van der Waals surface area contributed by atoms with Crippen LogP contribution in [-0.4, -0.2) is 18.2 Å². The number of nitrogens with zero attached hydrogens (tertiary/aromatic N) is 1.